The summed E-state index contributed by atoms with van der Waals surface area (Å²) in [6.45, 7) is 0.686. The van der Waals surface area contributed by atoms with E-state index >= 15 is 0 Å². The molecule has 0 bridgehead atoms. The Morgan fingerprint density at radius 3 is 2.91 bits per heavy atom. The standard InChI is InChI=1S/C15H19N7/c1-19-8-11-5-6-20-13(11)15(21-9-16)22-12-4-2-3-10(7-12)14(17)18/h2-7,9,19-20H,8H2,1H3,(H3,17,18)(H2,16,21,22). The minimum Gasteiger partial charge on any atom is -0.390 e. The van der Waals surface area contributed by atoms with Crippen LogP contribution in [0.5, 0.6) is 0 Å². The normalized spacial score (nSPS) is 12.0. The number of aromatic nitrogens is 1. The van der Waals surface area contributed by atoms with Crippen molar-refractivity contribution in [3.05, 3.63) is 53.3 Å². The lowest BCUT2D eigenvalue weighted by Crippen LogP contribution is -2.11. The van der Waals surface area contributed by atoms with Gasteiger partial charge in [0.05, 0.1) is 17.7 Å². The summed E-state index contributed by atoms with van der Waals surface area (Å²) in [4.78, 5) is 11.8. The van der Waals surface area contributed by atoms with Crippen LogP contribution in [0.2, 0.25) is 0 Å². The van der Waals surface area contributed by atoms with Crippen molar-refractivity contribution < 1.29 is 0 Å². The van der Waals surface area contributed by atoms with E-state index in [1.165, 1.54) is 6.34 Å². The summed E-state index contributed by atoms with van der Waals surface area (Å²) >= 11 is 0. The predicted molar refractivity (Wildman–Crippen MR) is 89.9 cm³/mol. The van der Waals surface area contributed by atoms with Crippen LogP contribution in [-0.4, -0.2) is 30.0 Å². The van der Waals surface area contributed by atoms with Crippen LogP contribution in [0.25, 0.3) is 0 Å². The number of rotatable bonds is 5. The zero-order valence-electron chi connectivity index (χ0n) is 12.3. The lowest BCUT2D eigenvalue weighted by Gasteiger charge is -2.05. The third-order valence-electron chi connectivity index (χ3n) is 3.01. The van der Waals surface area contributed by atoms with Crippen molar-refractivity contribution in [1.29, 1.82) is 5.41 Å². The van der Waals surface area contributed by atoms with Crippen molar-refractivity contribution in [3.8, 4) is 0 Å². The summed E-state index contributed by atoms with van der Waals surface area (Å²) in [5, 5.41) is 10.6. The molecule has 0 aliphatic carbocycles. The smallest absolute Gasteiger partial charge is 0.178 e. The summed E-state index contributed by atoms with van der Waals surface area (Å²) in [6.07, 6.45) is 3.03. The van der Waals surface area contributed by atoms with Crippen LogP contribution in [0.15, 0.2) is 46.5 Å². The van der Waals surface area contributed by atoms with Gasteiger partial charge < -0.3 is 21.8 Å². The first kappa shape index (κ1) is 15.5. The highest BCUT2D eigenvalue weighted by atomic mass is 15.0. The Balaban J connectivity index is 2.45. The molecular weight excluding hydrogens is 278 g/mol. The van der Waals surface area contributed by atoms with Crippen molar-refractivity contribution in [1.82, 2.24) is 10.3 Å². The first-order chi connectivity index (χ1) is 10.7. The summed E-state index contributed by atoms with van der Waals surface area (Å²) in [5.74, 6) is 0.468. The lowest BCUT2D eigenvalue weighted by atomic mass is 10.2. The van der Waals surface area contributed by atoms with E-state index in [1.807, 2.05) is 25.4 Å². The summed E-state index contributed by atoms with van der Waals surface area (Å²) in [6, 6.07) is 9.06. The third-order valence-corrected chi connectivity index (χ3v) is 3.01. The first-order valence-electron chi connectivity index (χ1n) is 6.74. The molecule has 2 aromatic rings. The fourth-order valence-electron chi connectivity index (χ4n) is 2.03. The van der Waals surface area contributed by atoms with E-state index in [-0.39, 0.29) is 5.84 Å². The number of amidine groups is 2. The molecule has 0 saturated heterocycles. The number of nitrogens with one attached hydrogen (secondary N) is 3. The van der Waals surface area contributed by atoms with Crippen LogP contribution in [0.1, 0.15) is 16.8 Å². The Labute approximate surface area is 128 Å². The van der Waals surface area contributed by atoms with Crippen molar-refractivity contribution in [2.75, 3.05) is 7.05 Å². The highest BCUT2D eigenvalue weighted by molar-refractivity contribution is 6.04. The van der Waals surface area contributed by atoms with Gasteiger partial charge in [0.2, 0.25) is 0 Å². The third kappa shape index (κ3) is 3.58. The van der Waals surface area contributed by atoms with E-state index in [4.69, 9.17) is 16.9 Å². The average molecular weight is 297 g/mol. The number of hydrogen-bond donors (Lipinski definition) is 5. The van der Waals surface area contributed by atoms with Gasteiger partial charge in [-0.2, -0.15) is 0 Å². The highest BCUT2D eigenvalue weighted by Gasteiger charge is 2.10. The van der Waals surface area contributed by atoms with Gasteiger partial charge in [-0.25, -0.2) is 9.98 Å². The van der Waals surface area contributed by atoms with Gasteiger partial charge in [0.1, 0.15) is 5.84 Å². The number of hydrogen-bond acceptors (Lipinski definition) is 3. The van der Waals surface area contributed by atoms with Crippen molar-refractivity contribution in [2.24, 2.45) is 21.5 Å². The largest absolute Gasteiger partial charge is 0.390 e. The van der Waals surface area contributed by atoms with E-state index in [0.717, 1.165) is 11.3 Å². The Morgan fingerprint density at radius 2 is 2.23 bits per heavy atom. The fraction of sp³-hybridized carbons (Fsp3) is 0.133. The van der Waals surface area contributed by atoms with E-state index in [1.54, 1.807) is 18.2 Å². The van der Waals surface area contributed by atoms with Crippen LogP contribution >= 0.6 is 0 Å². The molecule has 0 spiro atoms. The van der Waals surface area contributed by atoms with Gasteiger partial charge in [-0.3, -0.25) is 5.41 Å². The van der Waals surface area contributed by atoms with E-state index in [9.17, 15) is 0 Å². The van der Waals surface area contributed by atoms with Crippen LogP contribution in [0.4, 0.5) is 5.69 Å². The molecule has 0 aliphatic rings. The number of nitrogens with two attached hydrogens (primary N) is 2. The van der Waals surface area contributed by atoms with Gasteiger partial charge in [-0.05, 0) is 30.8 Å². The second-order valence-electron chi connectivity index (χ2n) is 4.59. The summed E-state index contributed by atoms with van der Waals surface area (Å²) in [5.41, 5.74) is 14.0. The van der Waals surface area contributed by atoms with Crippen molar-refractivity contribution in [2.45, 2.75) is 6.54 Å². The van der Waals surface area contributed by atoms with Gasteiger partial charge >= 0.3 is 0 Å². The molecule has 0 unspecified atom stereocenters. The number of aliphatic imine (C=N–C) groups is 2. The van der Waals surface area contributed by atoms with Crippen LogP contribution < -0.4 is 16.8 Å². The van der Waals surface area contributed by atoms with Gasteiger partial charge in [0, 0.05) is 18.3 Å². The topological polar surface area (TPSA) is 128 Å². The minimum absolute atomic E-state index is 0.00308. The zero-order chi connectivity index (χ0) is 15.9. The van der Waals surface area contributed by atoms with Gasteiger partial charge in [0.15, 0.2) is 5.84 Å². The first-order valence-corrected chi connectivity index (χ1v) is 6.74. The maximum Gasteiger partial charge on any atom is 0.178 e. The van der Waals surface area contributed by atoms with E-state index in [0.29, 0.717) is 23.6 Å². The molecule has 114 valence electrons. The maximum absolute atomic E-state index is 7.49. The fourth-order valence-corrected chi connectivity index (χ4v) is 2.03. The molecular formula is C15H19N7. The molecule has 7 N–H and O–H groups in total. The SMILES string of the molecule is CNCc1cc[nH]c1C(N=CN)=Nc1cccc(C(=N)N)c1. The zero-order valence-corrected chi connectivity index (χ0v) is 12.3. The molecule has 0 amide bonds. The highest BCUT2D eigenvalue weighted by Crippen LogP contribution is 2.17. The molecule has 2 rings (SSSR count). The van der Waals surface area contributed by atoms with Crippen LogP contribution in [0, 0.1) is 5.41 Å². The second-order valence-corrected chi connectivity index (χ2v) is 4.59. The molecule has 1 aromatic heterocycles. The number of nitrogen functional groups attached to an aromatic ring is 1. The van der Waals surface area contributed by atoms with Gasteiger partial charge in [-0.15, -0.1) is 0 Å². The number of aromatic amines is 1. The second kappa shape index (κ2) is 7.19. The molecule has 1 aromatic carbocycles. The number of benzene rings is 1. The summed E-state index contributed by atoms with van der Waals surface area (Å²) in [7, 11) is 1.87. The lowest BCUT2D eigenvalue weighted by molar-refractivity contribution is 0.817. The molecule has 0 atom stereocenters. The quantitative estimate of drug-likeness (QED) is 0.418. The Morgan fingerprint density at radius 1 is 1.41 bits per heavy atom. The Hall–Kier alpha value is -2.93. The molecule has 0 radical (unpaired) electrons. The molecule has 7 heteroatoms. The van der Waals surface area contributed by atoms with E-state index < -0.39 is 0 Å². The summed E-state index contributed by atoms with van der Waals surface area (Å²) < 4.78 is 0. The molecule has 22 heavy (non-hydrogen) atoms. The van der Waals surface area contributed by atoms with Gasteiger partial charge in [-0.1, -0.05) is 12.1 Å². The Bertz CT molecular complexity index is 712. The molecule has 0 aliphatic heterocycles. The van der Waals surface area contributed by atoms with Gasteiger partial charge in [0.25, 0.3) is 0 Å². The monoisotopic (exact) mass is 297 g/mol. The molecule has 0 fully saturated rings. The molecule has 0 saturated carbocycles. The average Bonchev–Trinajstić information content (AvgIpc) is 2.96. The predicted octanol–water partition coefficient (Wildman–Crippen LogP) is 1.08. The van der Waals surface area contributed by atoms with Crippen molar-refractivity contribution >= 4 is 23.7 Å². The molecule has 7 nitrogen and oxygen atoms in total. The van der Waals surface area contributed by atoms with E-state index in [2.05, 4.69) is 20.3 Å². The molecule has 1 heterocycles. The number of nitrogens with zero attached hydrogens (tertiary/aromatic N) is 2. The number of H-pyrrole nitrogens is 1. The van der Waals surface area contributed by atoms with Crippen molar-refractivity contribution in [3.63, 3.8) is 0 Å². The Kier molecular flexibility index (Phi) is 5.05. The van der Waals surface area contributed by atoms with Crippen LogP contribution in [-0.2, 0) is 6.54 Å². The maximum atomic E-state index is 7.49. The van der Waals surface area contributed by atoms with Crippen LogP contribution in [0.3, 0.4) is 0 Å². The minimum atomic E-state index is -0.00308.